The lowest BCUT2D eigenvalue weighted by Crippen LogP contribution is -2.25. The smallest absolute Gasteiger partial charge is 0.251 e. The predicted molar refractivity (Wildman–Crippen MR) is 65.6 cm³/mol. The summed E-state index contributed by atoms with van der Waals surface area (Å²) >= 11 is 5.77. The minimum atomic E-state index is -3.89. The number of hydrogen-bond acceptors (Lipinski definition) is 3. The summed E-state index contributed by atoms with van der Waals surface area (Å²) < 4.78 is 22.7. The quantitative estimate of drug-likeness (QED) is 0.864. The average Bonchev–Trinajstić information content (AvgIpc) is 2.19. The van der Waals surface area contributed by atoms with Crippen molar-refractivity contribution >= 4 is 27.5 Å². The topological polar surface area (TPSA) is 89.3 Å². The number of hydrogen-bond donors (Lipinski definition) is 2. The van der Waals surface area contributed by atoms with Crippen molar-refractivity contribution in [2.75, 3.05) is 6.54 Å². The van der Waals surface area contributed by atoms with Crippen LogP contribution < -0.4 is 10.5 Å². The fourth-order valence-electron chi connectivity index (χ4n) is 1.44. The van der Waals surface area contributed by atoms with Crippen LogP contribution in [0.3, 0.4) is 0 Å². The Bertz CT molecular complexity index is 555. The Kier molecular flexibility index (Phi) is 4.13. The van der Waals surface area contributed by atoms with Gasteiger partial charge in [-0.2, -0.15) is 0 Å². The number of rotatable bonds is 3. The number of sulfonamides is 1. The van der Waals surface area contributed by atoms with E-state index in [0.29, 0.717) is 12.1 Å². The van der Waals surface area contributed by atoms with Crippen LogP contribution in [0.5, 0.6) is 0 Å². The maximum atomic E-state index is 11.7. The molecule has 0 spiro atoms. The SMILES string of the molecule is CCNC(=O)c1cc(Cl)cc(S(N)(=O)=O)c1C. The average molecular weight is 277 g/mol. The lowest BCUT2D eigenvalue weighted by Gasteiger charge is -2.10. The molecule has 0 saturated heterocycles. The highest BCUT2D eigenvalue weighted by Gasteiger charge is 2.19. The number of carbonyl (C=O) groups is 1. The first-order valence-electron chi connectivity index (χ1n) is 4.88. The van der Waals surface area contributed by atoms with E-state index in [1.807, 2.05) is 0 Å². The van der Waals surface area contributed by atoms with E-state index >= 15 is 0 Å². The third-order valence-corrected chi connectivity index (χ3v) is 3.47. The second-order valence-electron chi connectivity index (χ2n) is 3.48. The van der Waals surface area contributed by atoms with Gasteiger partial charge in [-0.3, -0.25) is 4.79 Å². The van der Waals surface area contributed by atoms with Crippen molar-refractivity contribution in [2.45, 2.75) is 18.7 Å². The summed E-state index contributed by atoms with van der Waals surface area (Å²) in [7, 11) is -3.89. The number of benzene rings is 1. The molecule has 1 rings (SSSR count). The van der Waals surface area contributed by atoms with Crippen LogP contribution in [0.25, 0.3) is 0 Å². The van der Waals surface area contributed by atoms with Crippen LogP contribution in [0.4, 0.5) is 0 Å². The molecule has 1 aromatic rings. The third-order valence-electron chi connectivity index (χ3n) is 2.21. The van der Waals surface area contributed by atoms with Gasteiger partial charge in [-0.1, -0.05) is 11.6 Å². The summed E-state index contributed by atoms with van der Waals surface area (Å²) in [6.45, 7) is 3.72. The van der Waals surface area contributed by atoms with Crippen LogP contribution in [0, 0.1) is 6.92 Å². The van der Waals surface area contributed by atoms with Crippen molar-refractivity contribution in [2.24, 2.45) is 5.14 Å². The first-order chi connectivity index (χ1) is 7.77. The number of nitrogens with one attached hydrogen (secondary N) is 1. The molecule has 0 aliphatic rings. The molecule has 94 valence electrons. The van der Waals surface area contributed by atoms with E-state index in [4.69, 9.17) is 16.7 Å². The molecule has 0 unspecified atom stereocenters. The number of nitrogens with two attached hydrogens (primary N) is 1. The Morgan fingerprint density at radius 3 is 2.53 bits per heavy atom. The molecule has 0 saturated carbocycles. The summed E-state index contributed by atoms with van der Waals surface area (Å²) in [4.78, 5) is 11.6. The second-order valence-corrected chi connectivity index (χ2v) is 5.45. The first-order valence-corrected chi connectivity index (χ1v) is 6.81. The molecule has 5 nitrogen and oxygen atoms in total. The molecule has 1 amide bonds. The van der Waals surface area contributed by atoms with E-state index in [9.17, 15) is 13.2 Å². The van der Waals surface area contributed by atoms with Gasteiger partial charge in [0.1, 0.15) is 0 Å². The molecule has 0 aromatic heterocycles. The van der Waals surface area contributed by atoms with E-state index in [2.05, 4.69) is 5.32 Å². The van der Waals surface area contributed by atoms with E-state index in [1.165, 1.54) is 19.1 Å². The highest BCUT2D eigenvalue weighted by atomic mass is 35.5. The van der Waals surface area contributed by atoms with Crippen LogP contribution in [0.2, 0.25) is 5.02 Å². The normalized spacial score (nSPS) is 11.3. The summed E-state index contributed by atoms with van der Waals surface area (Å²) in [5.41, 5.74) is 0.506. The molecule has 3 N–H and O–H groups in total. The highest BCUT2D eigenvalue weighted by molar-refractivity contribution is 7.89. The Hall–Kier alpha value is -1.11. The second kappa shape index (κ2) is 5.03. The largest absolute Gasteiger partial charge is 0.352 e. The lowest BCUT2D eigenvalue weighted by atomic mass is 10.1. The Morgan fingerprint density at radius 1 is 1.47 bits per heavy atom. The number of halogens is 1. The summed E-state index contributed by atoms with van der Waals surface area (Å²) in [5.74, 6) is -0.377. The molecule has 0 fully saturated rings. The minimum absolute atomic E-state index is 0.133. The number of carbonyl (C=O) groups excluding carboxylic acids is 1. The molecule has 0 heterocycles. The summed E-state index contributed by atoms with van der Waals surface area (Å²) in [6, 6.07) is 2.64. The van der Waals surface area contributed by atoms with Crippen LogP contribution in [-0.2, 0) is 10.0 Å². The van der Waals surface area contributed by atoms with Gasteiger partial charge >= 0.3 is 0 Å². The van der Waals surface area contributed by atoms with Crippen LogP contribution in [0.15, 0.2) is 17.0 Å². The molecule has 0 bridgehead atoms. The zero-order valence-corrected chi connectivity index (χ0v) is 11.0. The van der Waals surface area contributed by atoms with Gasteiger partial charge in [-0.15, -0.1) is 0 Å². The van der Waals surface area contributed by atoms with Gasteiger partial charge in [0.05, 0.1) is 4.90 Å². The van der Waals surface area contributed by atoms with Gasteiger partial charge in [0.25, 0.3) is 5.91 Å². The van der Waals surface area contributed by atoms with Crippen molar-refractivity contribution in [3.8, 4) is 0 Å². The monoisotopic (exact) mass is 276 g/mol. The van der Waals surface area contributed by atoms with Crippen LogP contribution in [-0.4, -0.2) is 20.9 Å². The van der Waals surface area contributed by atoms with E-state index < -0.39 is 10.0 Å². The van der Waals surface area contributed by atoms with E-state index in [0.717, 1.165) is 0 Å². The van der Waals surface area contributed by atoms with E-state index in [-0.39, 0.29) is 21.4 Å². The fourth-order valence-corrected chi connectivity index (χ4v) is 2.55. The molecule has 0 radical (unpaired) electrons. The molecule has 1 aromatic carbocycles. The van der Waals surface area contributed by atoms with E-state index in [1.54, 1.807) is 6.92 Å². The zero-order valence-electron chi connectivity index (χ0n) is 9.45. The molecular formula is C10H13ClN2O3S. The Morgan fingerprint density at radius 2 is 2.06 bits per heavy atom. The lowest BCUT2D eigenvalue weighted by molar-refractivity contribution is 0.0955. The molecule has 7 heteroatoms. The fraction of sp³-hybridized carbons (Fsp3) is 0.300. The maximum Gasteiger partial charge on any atom is 0.251 e. The summed E-state index contributed by atoms with van der Waals surface area (Å²) in [6.07, 6.45) is 0. The number of amides is 1. The molecule has 0 aliphatic heterocycles. The number of primary sulfonamides is 1. The van der Waals surface area contributed by atoms with Gasteiger partial charge in [-0.05, 0) is 31.5 Å². The van der Waals surface area contributed by atoms with Crippen molar-refractivity contribution in [1.29, 1.82) is 0 Å². The van der Waals surface area contributed by atoms with Crippen LogP contribution in [0.1, 0.15) is 22.8 Å². The standard InChI is InChI=1S/C10H13ClN2O3S/c1-3-13-10(14)8-4-7(11)5-9(6(8)2)17(12,15)16/h4-5H,3H2,1-2H3,(H,13,14)(H2,12,15,16). The van der Waals surface area contributed by atoms with Gasteiger partial charge < -0.3 is 5.32 Å². The van der Waals surface area contributed by atoms with Crippen LogP contribution >= 0.6 is 11.6 Å². The van der Waals surface area contributed by atoms with Crippen molar-refractivity contribution in [3.05, 3.63) is 28.3 Å². The third kappa shape index (κ3) is 3.18. The van der Waals surface area contributed by atoms with Gasteiger partial charge in [0.15, 0.2) is 0 Å². The Labute approximate surface area is 105 Å². The molecular weight excluding hydrogens is 264 g/mol. The predicted octanol–water partition coefficient (Wildman–Crippen LogP) is 1.05. The molecule has 0 atom stereocenters. The van der Waals surface area contributed by atoms with Gasteiger partial charge in [-0.25, -0.2) is 13.6 Å². The Balaban J connectivity index is 3.44. The van der Waals surface area contributed by atoms with Gasteiger partial charge in [0, 0.05) is 17.1 Å². The molecule has 0 aliphatic carbocycles. The van der Waals surface area contributed by atoms with Gasteiger partial charge in [0.2, 0.25) is 10.0 Å². The minimum Gasteiger partial charge on any atom is -0.352 e. The zero-order chi connectivity index (χ0) is 13.2. The van der Waals surface area contributed by atoms with Crippen molar-refractivity contribution in [1.82, 2.24) is 5.32 Å². The molecule has 17 heavy (non-hydrogen) atoms. The maximum absolute atomic E-state index is 11.7. The summed E-state index contributed by atoms with van der Waals surface area (Å²) in [5, 5.41) is 7.78. The van der Waals surface area contributed by atoms with Crippen molar-refractivity contribution in [3.63, 3.8) is 0 Å². The first kappa shape index (κ1) is 14.0. The van der Waals surface area contributed by atoms with Crippen molar-refractivity contribution < 1.29 is 13.2 Å². The highest BCUT2D eigenvalue weighted by Crippen LogP contribution is 2.23.